The summed E-state index contributed by atoms with van der Waals surface area (Å²) in [4.78, 5) is 4.25. The fraction of sp³-hybridized carbons (Fsp3) is 0.250. The predicted octanol–water partition coefficient (Wildman–Crippen LogP) is 2.58. The van der Waals surface area contributed by atoms with Crippen molar-refractivity contribution in [3.63, 3.8) is 0 Å². The number of hydrogen-bond acceptors (Lipinski definition) is 2. The molecule has 0 aliphatic carbocycles. The first-order valence-corrected chi connectivity index (χ1v) is 5.94. The average molecular weight is 270 g/mol. The fourth-order valence-corrected chi connectivity index (χ4v) is 2.38. The molecule has 1 aromatic carbocycles. The zero-order chi connectivity index (χ0) is 12.7. The van der Waals surface area contributed by atoms with Crippen molar-refractivity contribution < 1.29 is 8.78 Å². The molecule has 0 radical (unpaired) electrons. The number of nitrogens with one attached hydrogen (secondary N) is 1. The van der Waals surface area contributed by atoms with E-state index in [0.29, 0.717) is 12.1 Å². The minimum atomic E-state index is -0.941. The number of imidazole rings is 1. The Labute approximate surface area is 107 Å². The summed E-state index contributed by atoms with van der Waals surface area (Å²) in [6.45, 7) is 2.22. The van der Waals surface area contributed by atoms with Crippen LogP contribution >= 0.6 is 11.6 Å². The third-order valence-electron chi connectivity index (χ3n) is 3.02. The van der Waals surface area contributed by atoms with Crippen molar-refractivity contribution in [1.82, 2.24) is 14.9 Å². The van der Waals surface area contributed by atoms with Crippen LogP contribution in [0.2, 0.25) is 5.02 Å². The highest BCUT2D eigenvalue weighted by molar-refractivity contribution is 6.33. The van der Waals surface area contributed by atoms with Crippen molar-refractivity contribution in [3.05, 3.63) is 40.8 Å². The molecular formula is C12H10ClF2N3. The molecule has 1 aromatic heterocycles. The summed E-state index contributed by atoms with van der Waals surface area (Å²) < 4.78 is 28.3. The van der Waals surface area contributed by atoms with Crippen molar-refractivity contribution in [1.29, 1.82) is 0 Å². The number of nitrogens with zero attached hydrogens (tertiary/aromatic N) is 2. The Kier molecular flexibility index (Phi) is 2.80. The molecule has 2 heterocycles. The van der Waals surface area contributed by atoms with Gasteiger partial charge in [-0.05, 0) is 12.1 Å². The lowest BCUT2D eigenvalue weighted by Gasteiger charge is -2.18. The summed E-state index contributed by atoms with van der Waals surface area (Å²) in [5, 5.41) is 3.38. The molecule has 0 unspecified atom stereocenters. The molecule has 1 aliphatic heterocycles. The summed E-state index contributed by atoms with van der Waals surface area (Å²) in [5.74, 6) is -0.972. The molecule has 3 nitrogen and oxygen atoms in total. The lowest BCUT2D eigenvalue weighted by Crippen LogP contribution is -2.28. The maximum absolute atomic E-state index is 13.3. The topological polar surface area (TPSA) is 29.9 Å². The van der Waals surface area contributed by atoms with Crippen LogP contribution in [-0.4, -0.2) is 16.1 Å². The molecule has 0 fully saturated rings. The van der Waals surface area contributed by atoms with Gasteiger partial charge in [-0.2, -0.15) is 0 Å². The zero-order valence-electron chi connectivity index (χ0n) is 9.38. The van der Waals surface area contributed by atoms with Crippen molar-refractivity contribution in [2.75, 3.05) is 6.54 Å². The third kappa shape index (κ3) is 1.79. The second-order valence-electron chi connectivity index (χ2n) is 4.13. The van der Waals surface area contributed by atoms with Gasteiger partial charge in [0, 0.05) is 18.7 Å². The van der Waals surface area contributed by atoms with Gasteiger partial charge in [-0.25, -0.2) is 13.8 Å². The number of rotatable bonds is 1. The predicted molar refractivity (Wildman–Crippen MR) is 64.3 cm³/mol. The van der Waals surface area contributed by atoms with E-state index in [1.807, 2.05) is 4.57 Å². The van der Waals surface area contributed by atoms with Crippen LogP contribution in [-0.2, 0) is 13.1 Å². The molecule has 0 amide bonds. The standard InChI is InChI=1S/C12H10ClF2N3/c13-8-4-10(15)9(14)3-7(8)11-5-17-12-6-16-1-2-18(11)12/h3-5,16H,1-2,6H2. The molecule has 6 heteroatoms. The van der Waals surface area contributed by atoms with Gasteiger partial charge < -0.3 is 9.88 Å². The van der Waals surface area contributed by atoms with Gasteiger partial charge in [0.05, 0.1) is 23.5 Å². The van der Waals surface area contributed by atoms with Crippen LogP contribution in [0, 0.1) is 11.6 Å². The van der Waals surface area contributed by atoms with Gasteiger partial charge in [-0.3, -0.25) is 0 Å². The first-order chi connectivity index (χ1) is 8.66. The van der Waals surface area contributed by atoms with Crippen LogP contribution in [0.5, 0.6) is 0 Å². The van der Waals surface area contributed by atoms with Crippen LogP contribution in [0.25, 0.3) is 11.3 Å². The van der Waals surface area contributed by atoms with Crippen LogP contribution < -0.4 is 5.32 Å². The maximum Gasteiger partial charge on any atom is 0.160 e. The summed E-state index contributed by atoms with van der Waals surface area (Å²) in [7, 11) is 0. The van der Waals surface area contributed by atoms with E-state index in [0.717, 1.165) is 36.7 Å². The van der Waals surface area contributed by atoms with E-state index in [1.165, 1.54) is 0 Å². The van der Waals surface area contributed by atoms with Gasteiger partial charge >= 0.3 is 0 Å². The van der Waals surface area contributed by atoms with E-state index in [-0.39, 0.29) is 5.02 Å². The minimum Gasteiger partial charge on any atom is -0.326 e. The normalized spacial score (nSPS) is 14.6. The van der Waals surface area contributed by atoms with Crippen LogP contribution in [0.15, 0.2) is 18.3 Å². The van der Waals surface area contributed by atoms with Gasteiger partial charge in [0.1, 0.15) is 5.82 Å². The first-order valence-electron chi connectivity index (χ1n) is 5.57. The molecule has 0 saturated heterocycles. The quantitative estimate of drug-likeness (QED) is 0.807. The van der Waals surface area contributed by atoms with Crippen molar-refractivity contribution in [2.24, 2.45) is 0 Å². The SMILES string of the molecule is Fc1cc(Cl)c(-c2cnc3n2CCNC3)cc1F. The molecule has 1 aliphatic rings. The molecule has 0 spiro atoms. The van der Waals surface area contributed by atoms with Gasteiger partial charge in [0.25, 0.3) is 0 Å². The van der Waals surface area contributed by atoms with Crippen LogP contribution in [0.4, 0.5) is 8.78 Å². The van der Waals surface area contributed by atoms with Gasteiger partial charge in [0.2, 0.25) is 0 Å². The van der Waals surface area contributed by atoms with Gasteiger partial charge in [-0.15, -0.1) is 0 Å². The largest absolute Gasteiger partial charge is 0.326 e. The fourth-order valence-electron chi connectivity index (χ4n) is 2.13. The van der Waals surface area contributed by atoms with E-state index < -0.39 is 11.6 Å². The number of fused-ring (bicyclic) bond motifs is 1. The van der Waals surface area contributed by atoms with Crippen molar-refractivity contribution >= 4 is 11.6 Å². The maximum atomic E-state index is 13.3. The lowest BCUT2D eigenvalue weighted by atomic mass is 10.1. The smallest absolute Gasteiger partial charge is 0.160 e. The second-order valence-corrected chi connectivity index (χ2v) is 4.54. The molecule has 18 heavy (non-hydrogen) atoms. The Hall–Kier alpha value is -1.46. The van der Waals surface area contributed by atoms with E-state index in [2.05, 4.69) is 10.3 Å². The van der Waals surface area contributed by atoms with E-state index in [9.17, 15) is 8.78 Å². The summed E-state index contributed by atoms with van der Waals surface area (Å²) in [6, 6.07) is 2.11. The van der Waals surface area contributed by atoms with E-state index in [1.54, 1.807) is 6.20 Å². The summed E-state index contributed by atoms with van der Waals surface area (Å²) in [6.07, 6.45) is 1.64. The monoisotopic (exact) mass is 269 g/mol. The van der Waals surface area contributed by atoms with E-state index >= 15 is 0 Å². The molecular weight excluding hydrogens is 260 g/mol. The van der Waals surface area contributed by atoms with Gasteiger partial charge in [0.15, 0.2) is 11.6 Å². The average Bonchev–Trinajstić information content (AvgIpc) is 2.78. The Morgan fingerprint density at radius 2 is 2.06 bits per heavy atom. The minimum absolute atomic E-state index is 0.190. The number of hydrogen-bond donors (Lipinski definition) is 1. The summed E-state index contributed by atoms with van der Waals surface area (Å²) >= 11 is 5.97. The molecule has 0 atom stereocenters. The summed E-state index contributed by atoms with van der Waals surface area (Å²) in [5.41, 5.74) is 1.19. The van der Waals surface area contributed by atoms with E-state index in [4.69, 9.17) is 11.6 Å². The molecule has 3 rings (SSSR count). The molecule has 0 bridgehead atoms. The number of aromatic nitrogens is 2. The Bertz CT molecular complexity index is 610. The number of benzene rings is 1. The van der Waals surface area contributed by atoms with Crippen LogP contribution in [0.3, 0.4) is 0 Å². The Morgan fingerprint density at radius 3 is 2.89 bits per heavy atom. The highest BCUT2D eigenvalue weighted by Gasteiger charge is 2.18. The lowest BCUT2D eigenvalue weighted by molar-refractivity contribution is 0.504. The molecule has 2 aromatic rings. The third-order valence-corrected chi connectivity index (χ3v) is 3.33. The second kappa shape index (κ2) is 4.33. The van der Waals surface area contributed by atoms with Gasteiger partial charge in [-0.1, -0.05) is 11.6 Å². The molecule has 1 N–H and O–H groups in total. The molecule has 94 valence electrons. The Balaban J connectivity index is 2.15. The highest BCUT2D eigenvalue weighted by atomic mass is 35.5. The number of halogens is 3. The Morgan fingerprint density at radius 1 is 1.28 bits per heavy atom. The molecule has 0 saturated carbocycles. The highest BCUT2D eigenvalue weighted by Crippen LogP contribution is 2.31. The van der Waals surface area contributed by atoms with Crippen molar-refractivity contribution in [2.45, 2.75) is 13.1 Å². The first kappa shape index (κ1) is 11.6. The zero-order valence-corrected chi connectivity index (χ0v) is 10.1. The van der Waals surface area contributed by atoms with Crippen molar-refractivity contribution in [3.8, 4) is 11.3 Å². The van der Waals surface area contributed by atoms with Crippen LogP contribution in [0.1, 0.15) is 5.82 Å².